The summed E-state index contributed by atoms with van der Waals surface area (Å²) in [5, 5.41) is 3.24. The van der Waals surface area contributed by atoms with Crippen LogP contribution in [0.15, 0.2) is 42.5 Å². The number of alkyl halides is 3. The molecule has 7 heteroatoms. The fraction of sp³-hybridized carbons (Fsp3) is 0.0714. The third-order valence-electron chi connectivity index (χ3n) is 2.74. The zero-order valence-corrected chi connectivity index (χ0v) is 12.1. The van der Waals surface area contributed by atoms with Gasteiger partial charge in [0.2, 0.25) is 0 Å². The van der Waals surface area contributed by atoms with Gasteiger partial charge in [-0.1, -0.05) is 36.0 Å². The first-order valence-electron chi connectivity index (χ1n) is 5.81. The Labute approximate surface area is 129 Å². The van der Waals surface area contributed by atoms with Crippen molar-refractivity contribution in [2.75, 3.05) is 5.32 Å². The van der Waals surface area contributed by atoms with E-state index in [4.69, 9.17) is 17.3 Å². The van der Waals surface area contributed by atoms with E-state index in [1.165, 1.54) is 12.1 Å². The lowest BCUT2D eigenvalue weighted by atomic mass is 10.1. The first-order chi connectivity index (χ1) is 9.79. The quantitative estimate of drug-likeness (QED) is 0.798. The van der Waals surface area contributed by atoms with Crippen LogP contribution in [0, 0.1) is 0 Å². The number of anilines is 2. The second-order valence-corrected chi connectivity index (χ2v) is 5.07. The molecule has 2 rings (SSSR count). The van der Waals surface area contributed by atoms with E-state index < -0.39 is 11.7 Å². The number of halogens is 4. The van der Waals surface area contributed by atoms with Gasteiger partial charge in [0.15, 0.2) is 0 Å². The lowest BCUT2D eigenvalue weighted by Gasteiger charge is -2.15. The van der Waals surface area contributed by atoms with Gasteiger partial charge in [-0.2, -0.15) is 13.2 Å². The van der Waals surface area contributed by atoms with Gasteiger partial charge in [0.1, 0.15) is 4.99 Å². The van der Waals surface area contributed by atoms with Crippen LogP contribution in [0.5, 0.6) is 0 Å². The molecule has 0 saturated heterocycles. The van der Waals surface area contributed by atoms with Crippen molar-refractivity contribution < 1.29 is 13.2 Å². The number of nitrogens with one attached hydrogen (secondary N) is 1. The van der Waals surface area contributed by atoms with E-state index >= 15 is 0 Å². The van der Waals surface area contributed by atoms with Crippen LogP contribution in [0.1, 0.15) is 11.1 Å². The van der Waals surface area contributed by atoms with E-state index in [9.17, 15) is 13.2 Å². The Kier molecular flexibility index (Phi) is 4.39. The van der Waals surface area contributed by atoms with Gasteiger partial charge in [0.05, 0.1) is 16.3 Å². The van der Waals surface area contributed by atoms with Crippen LogP contribution >= 0.6 is 23.8 Å². The zero-order chi connectivity index (χ0) is 15.6. The minimum absolute atomic E-state index is 0.206. The largest absolute Gasteiger partial charge is 0.417 e. The van der Waals surface area contributed by atoms with E-state index in [2.05, 4.69) is 17.5 Å². The third-order valence-corrected chi connectivity index (χ3v) is 3.29. The van der Waals surface area contributed by atoms with E-state index in [-0.39, 0.29) is 16.2 Å². The predicted molar refractivity (Wildman–Crippen MR) is 82.1 cm³/mol. The molecule has 2 aromatic carbocycles. The molecule has 110 valence electrons. The minimum Gasteiger partial charge on any atom is -0.389 e. The van der Waals surface area contributed by atoms with Crippen molar-refractivity contribution in [3.05, 3.63) is 58.6 Å². The number of para-hydroxylation sites is 1. The minimum atomic E-state index is -4.54. The highest BCUT2D eigenvalue weighted by Gasteiger charge is 2.34. The molecule has 0 atom stereocenters. The molecule has 0 aliphatic rings. The number of benzene rings is 2. The number of rotatable bonds is 3. The maximum Gasteiger partial charge on any atom is 0.417 e. The SMILES string of the molecule is NC(=S)c1ccc(Nc2ccccc2Cl)cc1C(F)(F)F. The van der Waals surface area contributed by atoms with E-state index in [1.807, 2.05) is 0 Å². The molecule has 0 fully saturated rings. The van der Waals surface area contributed by atoms with Crippen LogP contribution in [0.3, 0.4) is 0 Å². The molecule has 0 amide bonds. The first-order valence-corrected chi connectivity index (χ1v) is 6.60. The van der Waals surface area contributed by atoms with Crippen molar-refractivity contribution in [1.82, 2.24) is 0 Å². The summed E-state index contributed by atoms with van der Waals surface area (Å²) in [6, 6.07) is 10.4. The summed E-state index contributed by atoms with van der Waals surface area (Å²) in [5.74, 6) is 0. The van der Waals surface area contributed by atoms with Crippen LogP contribution in [0.2, 0.25) is 5.02 Å². The summed E-state index contributed by atoms with van der Waals surface area (Å²) >= 11 is 10.6. The summed E-state index contributed by atoms with van der Waals surface area (Å²) < 4.78 is 39.1. The molecule has 0 bridgehead atoms. The van der Waals surface area contributed by atoms with Gasteiger partial charge >= 0.3 is 6.18 Å². The van der Waals surface area contributed by atoms with Crippen molar-refractivity contribution in [1.29, 1.82) is 0 Å². The number of hydrogen-bond donors (Lipinski definition) is 2. The number of hydrogen-bond acceptors (Lipinski definition) is 2. The van der Waals surface area contributed by atoms with Crippen LogP contribution in [0.25, 0.3) is 0 Å². The van der Waals surface area contributed by atoms with Gasteiger partial charge in [0, 0.05) is 11.3 Å². The molecule has 2 aromatic rings. The molecule has 0 aromatic heterocycles. The molecule has 0 aliphatic carbocycles. The second-order valence-electron chi connectivity index (χ2n) is 4.23. The molecule has 0 unspecified atom stereocenters. The number of nitrogens with two attached hydrogens (primary N) is 1. The van der Waals surface area contributed by atoms with E-state index in [0.29, 0.717) is 10.7 Å². The van der Waals surface area contributed by atoms with Crippen molar-refractivity contribution in [2.24, 2.45) is 5.73 Å². The molecular formula is C14H10ClF3N2S. The summed E-state index contributed by atoms with van der Waals surface area (Å²) in [6.45, 7) is 0. The van der Waals surface area contributed by atoms with Gasteiger partial charge in [-0.05, 0) is 30.3 Å². The van der Waals surface area contributed by atoms with Crippen LogP contribution in [0.4, 0.5) is 24.5 Å². The zero-order valence-electron chi connectivity index (χ0n) is 10.5. The predicted octanol–water partition coefficient (Wildman–Crippen LogP) is 4.74. The Morgan fingerprint density at radius 1 is 1.14 bits per heavy atom. The molecule has 0 spiro atoms. The average Bonchev–Trinajstić information content (AvgIpc) is 2.40. The summed E-state index contributed by atoms with van der Waals surface area (Å²) in [7, 11) is 0. The monoisotopic (exact) mass is 330 g/mol. The van der Waals surface area contributed by atoms with Crippen molar-refractivity contribution in [3.63, 3.8) is 0 Å². The van der Waals surface area contributed by atoms with Gasteiger partial charge < -0.3 is 11.1 Å². The van der Waals surface area contributed by atoms with E-state index in [1.54, 1.807) is 24.3 Å². The maximum atomic E-state index is 13.0. The van der Waals surface area contributed by atoms with Crippen molar-refractivity contribution >= 4 is 40.2 Å². The Hall–Kier alpha value is -1.79. The maximum absolute atomic E-state index is 13.0. The molecule has 0 heterocycles. The Morgan fingerprint density at radius 3 is 2.38 bits per heavy atom. The van der Waals surface area contributed by atoms with Gasteiger partial charge in [-0.25, -0.2) is 0 Å². The topological polar surface area (TPSA) is 38.0 Å². The lowest BCUT2D eigenvalue weighted by molar-refractivity contribution is -0.137. The Bertz CT molecular complexity index is 686. The van der Waals surface area contributed by atoms with Crippen LogP contribution < -0.4 is 11.1 Å². The highest BCUT2D eigenvalue weighted by atomic mass is 35.5. The highest BCUT2D eigenvalue weighted by Crippen LogP contribution is 2.35. The molecular weight excluding hydrogens is 321 g/mol. The van der Waals surface area contributed by atoms with Crippen molar-refractivity contribution in [3.8, 4) is 0 Å². The fourth-order valence-electron chi connectivity index (χ4n) is 1.79. The molecule has 3 N–H and O–H groups in total. The van der Waals surface area contributed by atoms with Gasteiger partial charge in [-0.3, -0.25) is 0 Å². The first kappa shape index (κ1) is 15.6. The van der Waals surface area contributed by atoms with Crippen molar-refractivity contribution in [2.45, 2.75) is 6.18 Å². The Morgan fingerprint density at radius 2 is 1.81 bits per heavy atom. The summed E-state index contributed by atoms with van der Waals surface area (Å²) in [4.78, 5) is -0.299. The number of thiocarbonyl (C=S) groups is 1. The highest BCUT2D eigenvalue weighted by molar-refractivity contribution is 7.80. The van der Waals surface area contributed by atoms with Gasteiger partial charge in [-0.15, -0.1) is 0 Å². The van der Waals surface area contributed by atoms with Crippen LogP contribution in [-0.2, 0) is 6.18 Å². The smallest absolute Gasteiger partial charge is 0.389 e. The van der Waals surface area contributed by atoms with E-state index in [0.717, 1.165) is 6.07 Å². The lowest BCUT2D eigenvalue weighted by Crippen LogP contribution is -2.18. The fourth-order valence-corrected chi connectivity index (χ4v) is 2.15. The molecule has 21 heavy (non-hydrogen) atoms. The van der Waals surface area contributed by atoms with Gasteiger partial charge in [0.25, 0.3) is 0 Å². The Balaban J connectivity index is 2.43. The molecule has 0 aliphatic heterocycles. The third kappa shape index (κ3) is 3.65. The normalized spacial score (nSPS) is 11.2. The molecule has 0 saturated carbocycles. The van der Waals surface area contributed by atoms with Crippen LogP contribution in [-0.4, -0.2) is 4.99 Å². The second kappa shape index (κ2) is 5.91. The molecule has 2 nitrogen and oxygen atoms in total. The average molecular weight is 331 g/mol. The summed E-state index contributed by atoms with van der Waals surface area (Å²) in [5.41, 5.74) is 4.99. The summed E-state index contributed by atoms with van der Waals surface area (Å²) in [6.07, 6.45) is -4.54. The standard InChI is InChI=1S/C14H10ClF3N2S/c15-11-3-1-2-4-12(11)20-8-5-6-9(13(19)21)10(7-8)14(16,17)18/h1-7,20H,(H2,19,21). The molecule has 0 radical (unpaired) electrons.